The molecular formula is C23H25N5O. The third-order valence-electron chi connectivity index (χ3n) is 5.19. The average Bonchev–Trinajstić information content (AvgIpc) is 2.79. The lowest BCUT2D eigenvalue weighted by atomic mass is 10.1. The molecule has 0 bridgehead atoms. The number of amides is 1. The van der Waals surface area contributed by atoms with Gasteiger partial charge in [-0.3, -0.25) is 14.7 Å². The number of carbonyl (C=O) groups is 1. The molecule has 2 heterocycles. The lowest BCUT2D eigenvalue weighted by molar-refractivity contribution is 0.102. The molecule has 0 unspecified atom stereocenters. The lowest BCUT2D eigenvalue weighted by Crippen LogP contribution is -2.46. The van der Waals surface area contributed by atoms with E-state index in [2.05, 4.69) is 61.5 Å². The van der Waals surface area contributed by atoms with E-state index < -0.39 is 0 Å². The Morgan fingerprint density at radius 3 is 2.55 bits per heavy atom. The number of hydrogen-bond acceptors (Lipinski definition) is 5. The molecule has 1 N–H and O–H groups in total. The molecule has 0 radical (unpaired) electrons. The van der Waals surface area contributed by atoms with Gasteiger partial charge in [0.25, 0.3) is 5.91 Å². The number of nitrogens with zero attached hydrogens (tertiary/aromatic N) is 4. The number of aromatic nitrogens is 2. The lowest BCUT2D eigenvalue weighted by Gasteiger charge is -2.36. The molecule has 6 nitrogen and oxygen atoms in total. The first-order valence-electron chi connectivity index (χ1n) is 9.96. The highest BCUT2D eigenvalue weighted by Gasteiger charge is 2.16. The van der Waals surface area contributed by atoms with Crippen molar-refractivity contribution in [2.75, 3.05) is 42.9 Å². The summed E-state index contributed by atoms with van der Waals surface area (Å²) < 4.78 is 0. The van der Waals surface area contributed by atoms with Gasteiger partial charge in [-0.1, -0.05) is 30.3 Å². The van der Waals surface area contributed by atoms with Crippen LogP contribution in [-0.4, -0.2) is 53.5 Å². The van der Waals surface area contributed by atoms with Crippen molar-refractivity contribution < 1.29 is 4.79 Å². The first-order valence-corrected chi connectivity index (χ1v) is 9.96. The minimum Gasteiger partial charge on any atom is -0.369 e. The second-order valence-corrected chi connectivity index (χ2v) is 7.16. The molecule has 0 aliphatic carbocycles. The van der Waals surface area contributed by atoms with Gasteiger partial charge >= 0.3 is 0 Å². The van der Waals surface area contributed by atoms with Gasteiger partial charge in [-0.25, -0.2) is 4.98 Å². The molecule has 1 saturated heterocycles. The summed E-state index contributed by atoms with van der Waals surface area (Å²) in [6.45, 7) is 5.26. The van der Waals surface area contributed by atoms with E-state index >= 15 is 0 Å². The van der Waals surface area contributed by atoms with Crippen molar-refractivity contribution in [3.8, 4) is 0 Å². The Balaban J connectivity index is 1.27. The summed E-state index contributed by atoms with van der Waals surface area (Å²) >= 11 is 0. The summed E-state index contributed by atoms with van der Waals surface area (Å²) in [5, 5.41) is 2.90. The van der Waals surface area contributed by atoms with E-state index in [0.717, 1.165) is 44.8 Å². The number of nitrogens with one attached hydrogen (secondary N) is 1. The number of piperazine rings is 1. The fourth-order valence-corrected chi connectivity index (χ4v) is 3.57. The molecule has 1 aliphatic heterocycles. The number of carbonyl (C=O) groups excluding carboxylic acids is 1. The molecule has 1 aromatic heterocycles. The van der Waals surface area contributed by atoms with Crippen molar-refractivity contribution in [2.24, 2.45) is 0 Å². The number of benzene rings is 2. The van der Waals surface area contributed by atoms with E-state index in [1.165, 1.54) is 23.6 Å². The number of para-hydroxylation sites is 1. The Morgan fingerprint density at radius 2 is 1.79 bits per heavy atom. The first kappa shape index (κ1) is 19.1. The van der Waals surface area contributed by atoms with Crippen molar-refractivity contribution in [3.63, 3.8) is 0 Å². The topological polar surface area (TPSA) is 61.4 Å². The molecule has 2 aromatic carbocycles. The SMILES string of the molecule is O=C(Nc1cccc(CCN2CCN(c3ccccc3)CC2)c1)c1cnccn1. The van der Waals surface area contributed by atoms with Crippen LogP contribution < -0.4 is 10.2 Å². The Morgan fingerprint density at radius 1 is 0.966 bits per heavy atom. The van der Waals surface area contributed by atoms with Crippen LogP contribution in [0.15, 0.2) is 73.2 Å². The highest BCUT2D eigenvalue weighted by Crippen LogP contribution is 2.17. The molecule has 6 heteroatoms. The fourth-order valence-electron chi connectivity index (χ4n) is 3.57. The van der Waals surface area contributed by atoms with Crippen molar-refractivity contribution in [1.82, 2.24) is 14.9 Å². The zero-order chi connectivity index (χ0) is 19.9. The van der Waals surface area contributed by atoms with E-state index in [0.29, 0.717) is 5.69 Å². The van der Waals surface area contributed by atoms with Gasteiger partial charge in [-0.15, -0.1) is 0 Å². The minimum atomic E-state index is -0.243. The average molecular weight is 387 g/mol. The quantitative estimate of drug-likeness (QED) is 0.704. The van der Waals surface area contributed by atoms with Crippen LogP contribution in [0.5, 0.6) is 0 Å². The van der Waals surface area contributed by atoms with Gasteiger partial charge in [0, 0.05) is 56.5 Å². The first-order chi connectivity index (χ1) is 14.3. The second-order valence-electron chi connectivity index (χ2n) is 7.16. The van der Waals surface area contributed by atoms with Gasteiger partial charge in [-0.05, 0) is 36.2 Å². The summed E-state index contributed by atoms with van der Waals surface area (Å²) in [5.41, 5.74) is 3.62. The third kappa shape index (κ3) is 5.18. The van der Waals surface area contributed by atoms with Crippen molar-refractivity contribution >= 4 is 17.3 Å². The molecule has 1 amide bonds. The summed E-state index contributed by atoms with van der Waals surface area (Å²) in [4.78, 5) is 25.2. The van der Waals surface area contributed by atoms with Gasteiger partial charge in [0.1, 0.15) is 5.69 Å². The maximum absolute atomic E-state index is 12.3. The third-order valence-corrected chi connectivity index (χ3v) is 5.19. The zero-order valence-electron chi connectivity index (χ0n) is 16.4. The molecule has 29 heavy (non-hydrogen) atoms. The zero-order valence-corrected chi connectivity index (χ0v) is 16.4. The molecule has 0 spiro atoms. The van der Waals surface area contributed by atoms with Crippen LogP contribution in [-0.2, 0) is 6.42 Å². The van der Waals surface area contributed by atoms with E-state index in [1.54, 1.807) is 6.20 Å². The van der Waals surface area contributed by atoms with Gasteiger partial charge < -0.3 is 10.2 Å². The van der Waals surface area contributed by atoms with E-state index in [1.807, 2.05) is 18.2 Å². The Bertz CT molecular complexity index is 924. The van der Waals surface area contributed by atoms with Crippen LogP contribution in [0, 0.1) is 0 Å². The summed E-state index contributed by atoms with van der Waals surface area (Å²) in [6, 6.07) is 18.6. The number of rotatable bonds is 6. The van der Waals surface area contributed by atoms with E-state index in [4.69, 9.17) is 0 Å². The molecule has 148 valence electrons. The van der Waals surface area contributed by atoms with Gasteiger partial charge in [0.2, 0.25) is 0 Å². The van der Waals surface area contributed by atoms with Crippen molar-refractivity contribution in [3.05, 3.63) is 84.4 Å². The van der Waals surface area contributed by atoms with Gasteiger partial charge in [0.05, 0.1) is 6.20 Å². The fraction of sp³-hybridized carbons (Fsp3) is 0.261. The van der Waals surface area contributed by atoms with Crippen LogP contribution in [0.3, 0.4) is 0 Å². The van der Waals surface area contributed by atoms with E-state index in [9.17, 15) is 4.79 Å². The summed E-state index contributed by atoms with van der Waals surface area (Å²) in [7, 11) is 0. The standard InChI is InChI=1S/C23H25N5O/c29-23(22-18-24-10-11-25-22)26-20-6-4-5-19(17-20)9-12-27-13-15-28(16-14-27)21-7-2-1-3-8-21/h1-8,10-11,17-18H,9,12-16H2,(H,26,29). The molecular weight excluding hydrogens is 362 g/mol. The smallest absolute Gasteiger partial charge is 0.275 e. The number of anilines is 2. The Kier molecular flexibility index (Phi) is 6.12. The predicted octanol–water partition coefficient (Wildman–Crippen LogP) is 3.09. The van der Waals surface area contributed by atoms with Gasteiger partial charge in [0.15, 0.2) is 0 Å². The second kappa shape index (κ2) is 9.30. The van der Waals surface area contributed by atoms with Crippen LogP contribution in [0.2, 0.25) is 0 Å². The normalized spacial score (nSPS) is 14.6. The molecule has 0 atom stereocenters. The maximum Gasteiger partial charge on any atom is 0.275 e. The largest absolute Gasteiger partial charge is 0.369 e. The van der Waals surface area contributed by atoms with Gasteiger partial charge in [-0.2, -0.15) is 0 Å². The van der Waals surface area contributed by atoms with Crippen LogP contribution in [0.4, 0.5) is 11.4 Å². The van der Waals surface area contributed by atoms with Crippen LogP contribution in [0.1, 0.15) is 16.1 Å². The summed E-state index contributed by atoms with van der Waals surface area (Å²) in [6.07, 6.45) is 5.49. The van der Waals surface area contributed by atoms with Crippen LogP contribution in [0.25, 0.3) is 0 Å². The predicted molar refractivity (Wildman–Crippen MR) is 115 cm³/mol. The minimum absolute atomic E-state index is 0.243. The van der Waals surface area contributed by atoms with E-state index in [-0.39, 0.29) is 5.91 Å². The van der Waals surface area contributed by atoms with Crippen molar-refractivity contribution in [1.29, 1.82) is 0 Å². The highest BCUT2D eigenvalue weighted by atomic mass is 16.1. The number of hydrogen-bond donors (Lipinski definition) is 1. The maximum atomic E-state index is 12.3. The molecule has 4 rings (SSSR count). The van der Waals surface area contributed by atoms with Crippen LogP contribution >= 0.6 is 0 Å². The highest BCUT2D eigenvalue weighted by molar-refractivity contribution is 6.02. The molecule has 3 aromatic rings. The molecule has 1 aliphatic rings. The Hall–Kier alpha value is -3.25. The van der Waals surface area contributed by atoms with Crippen molar-refractivity contribution in [2.45, 2.75) is 6.42 Å². The molecule has 0 saturated carbocycles. The Labute approximate surface area is 171 Å². The monoisotopic (exact) mass is 387 g/mol. The summed E-state index contributed by atoms with van der Waals surface area (Å²) in [5.74, 6) is -0.243. The molecule has 1 fully saturated rings.